The van der Waals surface area contributed by atoms with E-state index >= 15 is 0 Å². The predicted octanol–water partition coefficient (Wildman–Crippen LogP) is 3.06. The SMILES string of the molecule is CC(=O)C1(c2ccccc2)CCN(C(=O)c2nn(C)c3c2CCCC3)CC1. The van der Waals surface area contributed by atoms with Crippen LogP contribution in [-0.2, 0) is 30.1 Å². The summed E-state index contributed by atoms with van der Waals surface area (Å²) in [6.45, 7) is 2.87. The molecule has 1 aromatic carbocycles. The van der Waals surface area contributed by atoms with E-state index in [0.717, 1.165) is 30.4 Å². The Morgan fingerprint density at radius 1 is 1.04 bits per heavy atom. The van der Waals surface area contributed by atoms with Crippen LogP contribution in [0.25, 0.3) is 0 Å². The number of aryl methyl sites for hydroxylation is 1. The smallest absolute Gasteiger partial charge is 0.274 e. The monoisotopic (exact) mass is 365 g/mol. The number of benzene rings is 1. The van der Waals surface area contributed by atoms with Crippen molar-refractivity contribution in [3.8, 4) is 0 Å². The topological polar surface area (TPSA) is 55.2 Å². The van der Waals surface area contributed by atoms with E-state index in [1.54, 1.807) is 6.92 Å². The van der Waals surface area contributed by atoms with Crippen LogP contribution in [0.15, 0.2) is 30.3 Å². The number of amides is 1. The van der Waals surface area contributed by atoms with Crippen LogP contribution in [0.5, 0.6) is 0 Å². The lowest BCUT2D eigenvalue weighted by Crippen LogP contribution is -2.48. The van der Waals surface area contributed by atoms with Crippen molar-refractivity contribution in [2.45, 2.75) is 50.9 Å². The van der Waals surface area contributed by atoms with Gasteiger partial charge in [0, 0.05) is 31.4 Å². The van der Waals surface area contributed by atoms with Crippen LogP contribution in [0, 0.1) is 0 Å². The Bertz CT molecular complexity index is 861. The molecule has 0 bridgehead atoms. The molecule has 1 aliphatic carbocycles. The molecule has 1 saturated heterocycles. The van der Waals surface area contributed by atoms with Gasteiger partial charge in [-0.1, -0.05) is 30.3 Å². The fourth-order valence-corrected chi connectivity index (χ4v) is 4.79. The largest absolute Gasteiger partial charge is 0.337 e. The summed E-state index contributed by atoms with van der Waals surface area (Å²) >= 11 is 0. The van der Waals surface area contributed by atoms with Crippen molar-refractivity contribution in [2.24, 2.45) is 7.05 Å². The second-order valence-corrected chi connectivity index (χ2v) is 7.90. The lowest BCUT2D eigenvalue weighted by molar-refractivity contribution is -0.124. The molecule has 0 spiro atoms. The zero-order valence-corrected chi connectivity index (χ0v) is 16.2. The van der Waals surface area contributed by atoms with Crippen LogP contribution in [-0.4, -0.2) is 39.5 Å². The van der Waals surface area contributed by atoms with Crippen molar-refractivity contribution >= 4 is 11.7 Å². The van der Waals surface area contributed by atoms with Gasteiger partial charge in [-0.15, -0.1) is 0 Å². The third-order valence-electron chi connectivity index (χ3n) is 6.47. The number of likely N-dealkylation sites (tertiary alicyclic amines) is 1. The van der Waals surface area contributed by atoms with Gasteiger partial charge in [-0.2, -0.15) is 5.10 Å². The lowest BCUT2D eigenvalue weighted by atomic mass is 9.70. The summed E-state index contributed by atoms with van der Waals surface area (Å²) in [5.74, 6) is 0.218. The fraction of sp³-hybridized carbons (Fsp3) is 0.500. The van der Waals surface area contributed by atoms with Crippen LogP contribution in [0.2, 0.25) is 0 Å². The fourth-order valence-electron chi connectivity index (χ4n) is 4.79. The summed E-state index contributed by atoms with van der Waals surface area (Å²) in [5.41, 5.74) is 3.58. The average molecular weight is 365 g/mol. The summed E-state index contributed by atoms with van der Waals surface area (Å²) < 4.78 is 1.88. The number of piperidine rings is 1. The van der Waals surface area contributed by atoms with Crippen LogP contribution in [0.4, 0.5) is 0 Å². The number of Topliss-reactive ketones (excluding diaryl/α,β-unsaturated/α-hetero) is 1. The number of nitrogens with zero attached hydrogens (tertiary/aromatic N) is 3. The molecule has 1 fully saturated rings. The maximum Gasteiger partial charge on any atom is 0.274 e. The molecule has 0 N–H and O–H groups in total. The van der Waals surface area contributed by atoms with E-state index in [9.17, 15) is 9.59 Å². The summed E-state index contributed by atoms with van der Waals surface area (Å²) in [5, 5.41) is 4.56. The number of hydrogen-bond donors (Lipinski definition) is 0. The highest BCUT2D eigenvalue weighted by molar-refractivity contribution is 5.95. The Hall–Kier alpha value is -2.43. The first kappa shape index (κ1) is 18.0. The minimum atomic E-state index is -0.471. The van der Waals surface area contributed by atoms with Crippen molar-refractivity contribution in [3.05, 3.63) is 52.8 Å². The Labute approximate surface area is 160 Å². The molecule has 1 aromatic heterocycles. The number of rotatable bonds is 3. The van der Waals surface area contributed by atoms with Gasteiger partial charge < -0.3 is 4.90 Å². The molecule has 27 heavy (non-hydrogen) atoms. The van der Waals surface area contributed by atoms with Crippen molar-refractivity contribution in [1.82, 2.24) is 14.7 Å². The molecular weight excluding hydrogens is 338 g/mol. The second-order valence-electron chi connectivity index (χ2n) is 7.90. The number of aromatic nitrogens is 2. The van der Waals surface area contributed by atoms with Gasteiger partial charge in [-0.05, 0) is 51.0 Å². The minimum Gasteiger partial charge on any atom is -0.337 e. The normalized spacial score (nSPS) is 18.8. The zero-order valence-electron chi connectivity index (χ0n) is 16.2. The molecule has 1 amide bonds. The van der Waals surface area contributed by atoms with Crippen molar-refractivity contribution in [3.63, 3.8) is 0 Å². The van der Waals surface area contributed by atoms with Crippen LogP contribution >= 0.6 is 0 Å². The van der Waals surface area contributed by atoms with Crippen LogP contribution < -0.4 is 0 Å². The molecule has 0 radical (unpaired) electrons. The highest BCUT2D eigenvalue weighted by Crippen LogP contribution is 2.37. The van der Waals surface area contributed by atoms with Gasteiger partial charge >= 0.3 is 0 Å². The maximum absolute atomic E-state index is 13.2. The molecule has 2 aliphatic rings. The third kappa shape index (κ3) is 2.99. The Morgan fingerprint density at radius 3 is 2.37 bits per heavy atom. The quantitative estimate of drug-likeness (QED) is 0.840. The summed E-state index contributed by atoms with van der Waals surface area (Å²) in [6, 6.07) is 10.0. The van der Waals surface area contributed by atoms with E-state index in [2.05, 4.69) is 5.10 Å². The molecule has 1 aliphatic heterocycles. The van der Waals surface area contributed by atoms with Gasteiger partial charge in [0.1, 0.15) is 5.78 Å². The number of hydrogen-bond acceptors (Lipinski definition) is 3. The highest BCUT2D eigenvalue weighted by Gasteiger charge is 2.42. The Kier molecular flexibility index (Phi) is 4.62. The highest BCUT2D eigenvalue weighted by atomic mass is 16.2. The molecule has 4 rings (SSSR count). The number of ketones is 1. The number of carbonyl (C=O) groups excluding carboxylic acids is 2. The van der Waals surface area contributed by atoms with Crippen LogP contribution in [0.3, 0.4) is 0 Å². The number of fused-ring (bicyclic) bond motifs is 1. The molecule has 2 aromatic rings. The second kappa shape index (κ2) is 6.95. The van der Waals surface area contributed by atoms with Gasteiger partial charge in [0.25, 0.3) is 5.91 Å². The first-order valence-electron chi connectivity index (χ1n) is 9.93. The molecule has 2 heterocycles. The van der Waals surface area contributed by atoms with Crippen molar-refractivity contribution in [2.75, 3.05) is 13.1 Å². The van der Waals surface area contributed by atoms with Crippen molar-refractivity contribution < 1.29 is 9.59 Å². The van der Waals surface area contributed by atoms with E-state index in [-0.39, 0.29) is 11.7 Å². The minimum absolute atomic E-state index is 0.0268. The molecule has 5 nitrogen and oxygen atoms in total. The lowest BCUT2D eigenvalue weighted by Gasteiger charge is -2.40. The van der Waals surface area contributed by atoms with Crippen LogP contribution in [0.1, 0.15) is 59.9 Å². The van der Waals surface area contributed by atoms with E-state index in [1.807, 2.05) is 47.0 Å². The zero-order chi connectivity index (χ0) is 19.0. The van der Waals surface area contributed by atoms with Gasteiger partial charge in [0.2, 0.25) is 0 Å². The van der Waals surface area contributed by atoms with Gasteiger partial charge in [0.05, 0.1) is 5.41 Å². The van der Waals surface area contributed by atoms with E-state index in [4.69, 9.17) is 0 Å². The Morgan fingerprint density at radius 2 is 1.70 bits per heavy atom. The van der Waals surface area contributed by atoms with Crippen molar-refractivity contribution in [1.29, 1.82) is 0 Å². The number of carbonyl (C=O) groups is 2. The van der Waals surface area contributed by atoms with E-state index in [0.29, 0.717) is 31.6 Å². The summed E-state index contributed by atoms with van der Waals surface area (Å²) in [6.07, 6.45) is 5.59. The standard InChI is InChI=1S/C22H27N3O2/c1-16(26)22(17-8-4-3-5-9-17)12-14-25(15-13-22)21(27)20-18-10-6-7-11-19(18)24(2)23-20/h3-5,8-9H,6-7,10-15H2,1-2H3. The maximum atomic E-state index is 13.2. The molecule has 5 heteroatoms. The van der Waals surface area contributed by atoms with Gasteiger partial charge in [0.15, 0.2) is 5.69 Å². The molecule has 0 atom stereocenters. The molecule has 0 saturated carbocycles. The predicted molar refractivity (Wildman–Crippen MR) is 104 cm³/mol. The van der Waals surface area contributed by atoms with Gasteiger partial charge in [-0.3, -0.25) is 14.3 Å². The molecular formula is C22H27N3O2. The summed E-state index contributed by atoms with van der Waals surface area (Å²) in [4.78, 5) is 27.6. The van der Waals surface area contributed by atoms with Gasteiger partial charge in [-0.25, -0.2) is 0 Å². The molecule has 142 valence electrons. The Balaban J connectivity index is 1.56. The molecule has 0 unspecified atom stereocenters. The van der Waals surface area contributed by atoms with E-state index < -0.39 is 5.41 Å². The average Bonchev–Trinajstić information content (AvgIpc) is 3.05. The third-order valence-corrected chi connectivity index (χ3v) is 6.47. The summed E-state index contributed by atoms with van der Waals surface area (Å²) in [7, 11) is 1.94. The first-order chi connectivity index (χ1) is 13.0. The van der Waals surface area contributed by atoms with E-state index in [1.165, 1.54) is 12.1 Å². The first-order valence-corrected chi connectivity index (χ1v) is 9.93.